The minimum absolute atomic E-state index is 0.0316. The number of rotatable bonds is 4. The summed E-state index contributed by atoms with van der Waals surface area (Å²) in [7, 11) is 0. The summed E-state index contributed by atoms with van der Waals surface area (Å²) in [4.78, 5) is 10.3. The number of hydrogen-bond acceptors (Lipinski definition) is 4. The predicted molar refractivity (Wildman–Crippen MR) is 77.2 cm³/mol. The summed E-state index contributed by atoms with van der Waals surface area (Å²) in [6.45, 7) is 2.17. The third kappa shape index (κ3) is 3.36. The third-order valence-corrected chi connectivity index (χ3v) is 3.98. The molecule has 0 aromatic heterocycles. The van der Waals surface area contributed by atoms with Gasteiger partial charge < -0.3 is 11.1 Å². The molecule has 0 aliphatic heterocycles. The molecule has 0 radical (unpaired) electrons. The maximum atomic E-state index is 10.7. The van der Waals surface area contributed by atoms with Crippen molar-refractivity contribution >= 4 is 17.1 Å². The van der Waals surface area contributed by atoms with Gasteiger partial charge in [-0.15, -0.1) is 0 Å². The second kappa shape index (κ2) is 5.91. The fourth-order valence-corrected chi connectivity index (χ4v) is 2.83. The number of hydrogen-bond donors (Lipinski definition) is 2. The number of anilines is 2. The van der Waals surface area contributed by atoms with Crippen molar-refractivity contribution in [2.24, 2.45) is 5.92 Å². The molecule has 1 atom stereocenters. The zero-order valence-corrected chi connectivity index (χ0v) is 11.3. The Labute approximate surface area is 113 Å². The van der Waals surface area contributed by atoms with Gasteiger partial charge >= 0.3 is 0 Å². The largest absolute Gasteiger partial charge is 0.393 e. The first-order chi connectivity index (χ1) is 9.08. The van der Waals surface area contributed by atoms with E-state index < -0.39 is 4.92 Å². The second-order valence-electron chi connectivity index (χ2n) is 5.36. The molecule has 0 heterocycles. The summed E-state index contributed by atoms with van der Waals surface area (Å²) in [5, 5.41) is 14.1. The van der Waals surface area contributed by atoms with E-state index in [0.29, 0.717) is 12.0 Å². The lowest BCUT2D eigenvalue weighted by Gasteiger charge is -2.29. The molecule has 1 fully saturated rings. The number of nitrogens with zero attached hydrogens (tertiary/aromatic N) is 1. The summed E-state index contributed by atoms with van der Waals surface area (Å²) in [6.07, 6.45) is 6.47. The highest BCUT2D eigenvalue weighted by Gasteiger charge is 2.20. The fraction of sp³-hybridized carbons (Fsp3) is 0.571. The van der Waals surface area contributed by atoms with Crippen LogP contribution in [0.2, 0.25) is 0 Å². The van der Waals surface area contributed by atoms with Crippen LogP contribution in [0.15, 0.2) is 18.2 Å². The summed E-state index contributed by atoms with van der Waals surface area (Å²) < 4.78 is 0. The number of nitrogens with two attached hydrogens (primary N) is 1. The molecule has 19 heavy (non-hydrogen) atoms. The van der Waals surface area contributed by atoms with Crippen LogP contribution in [0.4, 0.5) is 17.1 Å². The normalized spacial score (nSPS) is 17.9. The van der Waals surface area contributed by atoms with Crippen molar-refractivity contribution in [2.75, 3.05) is 11.1 Å². The maximum Gasteiger partial charge on any atom is 0.292 e. The Morgan fingerprint density at radius 2 is 2.05 bits per heavy atom. The van der Waals surface area contributed by atoms with Crippen LogP contribution < -0.4 is 11.1 Å². The first-order valence-electron chi connectivity index (χ1n) is 6.88. The average molecular weight is 263 g/mol. The molecule has 104 valence electrons. The highest BCUT2D eigenvalue weighted by molar-refractivity contribution is 5.66. The SMILES string of the molecule is CC(Nc1ccc([N+](=O)[O-])c(N)c1)C1CCCCC1. The Hall–Kier alpha value is -1.78. The highest BCUT2D eigenvalue weighted by atomic mass is 16.6. The molecule has 5 heteroatoms. The van der Waals surface area contributed by atoms with Gasteiger partial charge in [0.05, 0.1) is 4.92 Å². The smallest absolute Gasteiger partial charge is 0.292 e. The van der Waals surface area contributed by atoms with Gasteiger partial charge in [0.2, 0.25) is 0 Å². The van der Waals surface area contributed by atoms with Crippen molar-refractivity contribution in [1.29, 1.82) is 0 Å². The molecule has 0 spiro atoms. The number of nitro groups is 1. The van der Waals surface area contributed by atoms with E-state index in [-0.39, 0.29) is 11.4 Å². The summed E-state index contributed by atoms with van der Waals surface area (Å²) >= 11 is 0. The second-order valence-corrected chi connectivity index (χ2v) is 5.36. The van der Waals surface area contributed by atoms with E-state index in [2.05, 4.69) is 12.2 Å². The van der Waals surface area contributed by atoms with E-state index in [9.17, 15) is 10.1 Å². The lowest BCUT2D eigenvalue weighted by molar-refractivity contribution is -0.383. The molecule has 1 aliphatic carbocycles. The van der Waals surface area contributed by atoms with E-state index in [1.54, 1.807) is 12.1 Å². The third-order valence-electron chi connectivity index (χ3n) is 3.98. The number of nitrogens with one attached hydrogen (secondary N) is 1. The Bertz CT molecular complexity index is 456. The monoisotopic (exact) mass is 263 g/mol. The van der Waals surface area contributed by atoms with Crippen molar-refractivity contribution in [2.45, 2.75) is 45.1 Å². The van der Waals surface area contributed by atoms with Gasteiger partial charge in [0.25, 0.3) is 5.69 Å². The van der Waals surface area contributed by atoms with Crippen molar-refractivity contribution in [3.8, 4) is 0 Å². The van der Waals surface area contributed by atoms with Crippen molar-refractivity contribution in [3.63, 3.8) is 0 Å². The van der Waals surface area contributed by atoms with Gasteiger partial charge in [-0.3, -0.25) is 10.1 Å². The molecule has 0 amide bonds. The molecule has 5 nitrogen and oxygen atoms in total. The van der Waals surface area contributed by atoms with Crippen LogP contribution in [-0.2, 0) is 0 Å². The summed E-state index contributed by atoms with van der Waals surface area (Å²) in [6, 6.07) is 5.22. The van der Waals surface area contributed by atoms with Gasteiger partial charge in [-0.05, 0) is 37.8 Å². The zero-order chi connectivity index (χ0) is 13.8. The van der Waals surface area contributed by atoms with E-state index in [1.165, 1.54) is 38.2 Å². The van der Waals surface area contributed by atoms with Crippen molar-refractivity contribution in [3.05, 3.63) is 28.3 Å². The molecule has 1 unspecified atom stereocenters. The molecule has 2 rings (SSSR count). The minimum Gasteiger partial charge on any atom is -0.393 e. The Balaban J connectivity index is 2.02. The van der Waals surface area contributed by atoms with E-state index in [0.717, 1.165) is 5.69 Å². The van der Waals surface area contributed by atoms with E-state index in [4.69, 9.17) is 5.73 Å². The molecule has 1 saturated carbocycles. The highest BCUT2D eigenvalue weighted by Crippen LogP contribution is 2.30. The van der Waals surface area contributed by atoms with Crippen LogP contribution in [0.5, 0.6) is 0 Å². The molecule has 1 aromatic rings. The Morgan fingerprint density at radius 1 is 1.37 bits per heavy atom. The molecule has 1 aliphatic rings. The van der Waals surface area contributed by atoms with Gasteiger partial charge in [0.15, 0.2) is 0 Å². The van der Waals surface area contributed by atoms with E-state index in [1.807, 2.05) is 0 Å². The predicted octanol–water partition coefficient (Wildman–Crippen LogP) is 3.56. The first-order valence-corrected chi connectivity index (χ1v) is 6.88. The van der Waals surface area contributed by atoms with Gasteiger partial charge in [-0.25, -0.2) is 0 Å². The minimum atomic E-state index is -0.455. The topological polar surface area (TPSA) is 81.2 Å². The maximum absolute atomic E-state index is 10.7. The fourth-order valence-electron chi connectivity index (χ4n) is 2.83. The molecule has 0 saturated heterocycles. The number of nitro benzene ring substituents is 1. The van der Waals surface area contributed by atoms with Crippen LogP contribution in [-0.4, -0.2) is 11.0 Å². The van der Waals surface area contributed by atoms with Crippen molar-refractivity contribution < 1.29 is 4.92 Å². The van der Waals surface area contributed by atoms with Gasteiger partial charge in [0.1, 0.15) is 5.69 Å². The lowest BCUT2D eigenvalue weighted by Crippen LogP contribution is -2.27. The van der Waals surface area contributed by atoms with Crippen LogP contribution in [0.25, 0.3) is 0 Å². The van der Waals surface area contributed by atoms with E-state index >= 15 is 0 Å². The summed E-state index contributed by atoms with van der Waals surface area (Å²) in [5.41, 5.74) is 6.74. The standard InChI is InChI=1S/C14H21N3O2/c1-10(11-5-3-2-4-6-11)16-12-7-8-14(17(18)19)13(15)9-12/h7-11,16H,2-6,15H2,1H3. The van der Waals surface area contributed by atoms with Gasteiger partial charge in [-0.1, -0.05) is 19.3 Å². The van der Waals surface area contributed by atoms with Crippen LogP contribution in [0.1, 0.15) is 39.0 Å². The molecule has 0 bridgehead atoms. The van der Waals surface area contributed by atoms with Gasteiger partial charge in [-0.2, -0.15) is 0 Å². The van der Waals surface area contributed by atoms with Crippen LogP contribution in [0, 0.1) is 16.0 Å². The Kier molecular flexibility index (Phi) is 4.24. The molecular weight excluding hydrogens is 242 g/mol. The van der Waals surface area contributed by atoms with Gasteiger partial charge in [0, 0.05) is 17.8 Å². The van der Waals surface area contributed by atoms with Crippen LogP contribution in [0.3, 0.4) is 0 Å². The number of benzene rings is 1. The molecular formula is C14H21N3O2. The first kappa shape index (κ1) is 13.6. The zero-order valence-electron chi connectivity index (χ0n) is 11.3. The lowest BCUT2D eigenvalue weighted by atomic mass is 9.84. The average Bonchev–Trinajstić information content (AvgIpc) is 2.39. The Morgan fingerprint density at radius 3 is 2.63 bits per heavy atom. The molecule has 3 N–H and O–H groups in total. The quantitative estimate of drug-likeness (QED) is 0.494. The van der Waals surface area contributed by atoms with Crippen LogP contribution >= 0.6 is 0 Å². The van der Waals surface area contributed by atoms with Crippen molar-refractivity contribution in [1.82, 2.24) is 0 Å². The molecule has 1 aromatic carbocycles. The number of nitrogen functional groups attached to an aromatic ring is 1. The summed E-state index contributed by atoms with van der Waals surface area (Å²) in [5.74, 6) is 0.685.